The molecule has 1 aromatic carbocycles. The monoisotopic (exact) mass is 231 g/mol. The zero-order valence-corrected chi connectivity index (χ0v) is 10.2. The van der Waals surface area contributed by atoms with Gasteiger partial charge >= 0.3 is 0 Å². The highest BCUT2D eigenvalue weighted by Gasteiger charge is 2.09. The summed E-state index contributed by atoms with van der Waals surface area (Å²) in [5, 5.41) is 17.0. The van der Waals surface area contributed by atoms with E-state index in [-0.39, 0.29) is 6.61 Å². The van der Waals surface area contributed by atoms with E-state index in [0.717, 1.165) is 11.4 Å². The Kier molecular flexibility index (Phi) is 3.54. The zero-order chi connectivity index (χ0) is 12.3. The molecule has 0 fully saturated rings. The van der Waals surface area contributed by atoms with Gasteiger partial charge in [0.25, 0.3) is 0 Å². The lowest BCUT2D eigenvalue weighted by atomic mass is 10.0. The van der Waals surface area contributed by atoms with Crippen LogP contribution in [0.4, 0.5) is 0 Å². The quantitative estimate of drug-likeness (QED) is 0.874. The summed E-state index contributed by atoms with van der Waals surface area (Å²) in [5.41, 5.74) is 3.11. The molecular formula is C13H17N3O. The van der Waals surface area contributed by atoms with Gasteiger partial charge in [-0.1, -0.05) is 37.3 Å². The molecule has 0 saturated heterocycles. The van der Waals surface area contributed by atoms with Gasteiger partial charge in [-0.25, -0.2) is 4.68 Å². The van der Waals surface area contributed by atoms with Crippen molar-refractivity contribution >= 4 is 0 Å². The summed E-state index contributed by atoms with van der Waals surface area (Å²) in [6, 6.07) is 8.17. The second-order valence-electron chi connectivity index (χ2n) is 4.34. The lowest BCUT2D eigenvalue weighted by Crippen LogP contribution is -2.01. The molecule has 0 aliphatic rings. The summed E-state index contributed by atoms with van der Waals surface area (Å²) in [5.74, 6) is 0.441. The summed E-state index contributed by atoms with van der Waals surface area (Å²) in [6.07, 6.45) is 2.42. The van der Waals surface area contributed by atoms with Crippen molar-refractivity contribution in [3.05, 3.63) is 41.7 Å². The maximum absolute atomic E-state index is 8.87. The number of aliphatic hydroxyl groups is 1. The fraction of sp³-hybridized carbons (Fsp3) is 0.385. The van der Waals surface area contributed by atoms with Gasteiger partial charge in [-0.2, -0.15) is 0 Å². The third-order valence-electron chi connectivity index (χ3n) is 2.71. The Morgan fingerprint density at radius 1 is 1.29 bits per heavy atom. The molecular weight excluding hydrogens is 214 g/mol. The van der Waals surface area contributed by atoms with Crippen LogP contribution in [0.5, 0.6) is 0 Å². The van der Waals surface area contributed by atoms with Crippen molar-refractivity contribution in [3.63, 3.8) is 0 Å². The Hall–Kier alpha value is -1.68. The highest BCUT2D eigenvalue weighted by molar-refractivity contribution is 5.42. The number of para-hydroxylation sites is 1. The van der Waals surface area contributed by atoms with Crippen molar-refractivity contribution in [2.45, 2.75) is 26.2 Å². The van der Waals surface area contributed by atoms with E-state index >= 15 is 0 Å². The van der Waals surface area contributed by atoms with Crippen molar-refractivity contribution in [3.8, 4) is 5.69 Å². The first-order valence-electron chi connectivity index (χ1n) is 5.83. The van der Waals surface area contributed by atoms with E-state index in [4.69, 9.17) is 5.11 Å². The van der Waals surface area contributed by atoms with E-state index < -0.39 is 0 Å². The SMILES string of the molecule is CC(C)c1ccccc1-n1cc(CCO)nn1. The van der Waals surface area contributed by atoms with Gasteiger partial charge in [0, 0.05) is 13.0 Å². The molecule has 4 heteroatoms. The predicted molar refractivity (Wildman–Crippen MR) is 66.2 cm³/mol. The molecule has 2 rings (SSSR count). The van der Waals surface area contributed by atoms with Crippen LogP contribution in [0.25, 0.3) is 5.69 Å². The standard InChI is InChI=1S/C13H17N3O/c1-10(2)12-5-3-4-6-13(12)16-9-11(7-8-17)14-15-16/h3-6,9-10,17H,7-8H2,1-2H3. The molecule has 0 spiro atoms. The summed E-state index contributed by atoms with van der Waals surface area (Å²) < 4.78 is 1.78. The van der Waals surface area contributed by atoms with Crippen molar-refractivity contribution in [1.82, 2.24) is 15.0 Å². The topological polar surface area (TPSA) is 50.9 Å². The van der Waals surface area contributed by atoms with Crippen LogP contribution < -0.4 is 0 Å². The highest BCUT2D eigenvalue weighted by Crippen LogP contribution is 2.22. The van der Waals surface area contributed by atoms with Crippen LogP contribution in [0.1, 0.15) is 31.0 Å². The smallest absolute Gasteiger partial charge is 0.0854 e. The van der Waals surface area contributed by atoms with Gasteiger partial charge in [0.2, 0.25) is 0 Å². The van der Waals surface area contributed by atoms with E-state index in [2.05, 4.69) is 30.2 Å². The molecule has 0 saturated carbocycles. The molecule has 90 valence electrons. The maximum atomic E-state index is 8.87. The third-order valence-corrected chi connectivity index (χ3v) is 2.71. The Morgan fingerprint density at radius 2 is 2.06 bits per heavy atom. The van der Waals surface area contributed by atoms with Gasteiger partial charge < -0.3 is 5.11 Å². The molecule has 0 unspecified atom stereocenters. The minimum absolute atomic E-state index is 0.102. The highest BCUT2D eigenvalue weighted by atomic mass is 16.3. The molecule has 17 heavy (non-hydrogen) atoms. The average molecular weight is 231 g/mol. The van der Waals surface area contributed by atoms with Crippen LogP contribution in [0.3, 0.4) is 0 Å². The van der Waals surface area contributed by atoms with Gasteiger partial charge in [-0.3, -0.25) is 0 Å². The molecule has 0 aliphatic heterocycles. The number of aliphatic hydroxyl groups excluding tert-OH is 1. The normalized spacial score (nSPS) is 11.1. The molecule has 1 heterocycles. The largest absolute Gasteiger partial charge is 0.396 e. The summed E-state index contributed by atoms with van der Waals surface area (Å²) in [6.45, 7) is 4.42. The number of benzene rings is 1. The maximum Gasteiger partial charge on any atom is 0.0854 e. The minimum Gasteiger partial charge on any atom is -0.396 e. The number of hydrogen-bond donors (Lipinski definition) is 1. The molecule has 0 radical (unpaired) electrons. The second kappa shape index (κ2) is 5.10. The molecule has 0 bridgehead atoms. The summed E-state index contributed by atoms with van der Waals surface area (Å²) in [4.78, 5) is 0. The van der Waals surface area contributed by atoms with Crippen LogP contribution in [-0.4, -0.2) is 26.7 Å². The fourth-order valence-electron chi connectivity index (χ4n) is 1.83. The zero-order valence-electron chi connectivity index (χ0n) is 10.2. The van der Waals surface area contributed by atoms with Crippen molar-refractivity contribution in [2.75, 3.05) is 6.61 Å². The Morgan fingerprint density at radius 3 is 2.76 bits per heavy atom. The van der Waals surface area contributed by atoms with Crippen LogP contribution in [0, 0.1) is 0 Å². The van der Waals surface area contributed by atoms with Crippen LogP contribution >= 0.6 is 0 Å². The van der Waals surface area contributed by atoms with Crippen LogP contribution in [0.2, 0.25) is 0 Å². The van der Waals surface area contributed by atoms with Crippen LogP contribution in [0.15, 0.2) is 30.5 Å². The lowest BCUT2D eigenvalue weighted by molar-refractivity contribution is 0.298. The van der Waals surface area contributed by atoms with Gasteiger partial charge in [-0.15, -0.1) is 5.10 Å². The molecule has 4 nitrogen and oxygen atoms in total. The Bertz CT molecular complexity index is 491. The molecule has 1 aromatic heterocycles. The van der Waals surface area contributed by atoms with Crippen molar-refractivity contribution in [2.24, 2.45) is 0 Å². The van der Waals surface area contributed by atoms with E-state index in [1.165, 1.54) is 5.56 Å². The van der Waals surface area contributed by atoms with Crippen molar-refractivity contribution < 1.29 is 5.11 Å². The molecule has 2 aromatic rings. The number of aromatic nitrogens is 3. The molecule has 0 amide bonds. The van der Waals surface area contributed by atoms with E-state index in [0.29, 0.717) is 12.3 Å². The lowest BCUT2D eigenvalue weighted by Gasteiger charge is -2.11. The average Bonchev–Trinajstić information content (AvgIpc) is 2.78. The fourth-order valence-corrected chi connectivity index (χ4v) is 1.83. The van der Waals surface area contributed by atoms with Crippen LogP contribution in [-0.2, 0) is 6.42 Å². The van der Waals surface area contributed by atoms with Gasteiger partial charge in [0.1, 0.15) is 0 Å². The van der Waals surface area contributed by atoms with E-state index in [1.54, 1.807) is 4.68 Å². The predicted octanol–water partition coefficient (Wildman–Crippen LogP) is 1.93. The van der Waals surface area contributed by atoms with Gasteiger partial charge in [-0.05, 0) is 17.5 Å². The van der Waals surface area contributed by atoms with Crippen molar-refractivity contribution in [1.29, 1.82) is 0 Å². The first kappa shape index (κ1) is 11.8. The van der Waals surface area contributed by atoms with Gasteiger partial charge in [0.05, 0.1) is 17.6 Å². The summed E-state index contributed by atoms with van der Waals surface area (Å²) in [7, 11) is 0. The molecule has 0 aliphatic carbocycles. The molecule has 0 atom stereocenters. The Labute approximate surface area is 101 Å². The first-order valence-corrected chi connectivity index (χ1v) is 5.83. The second-order valence-corrected chi connectivity index (χ2v) is 4.34. The van der Waals surface area contributed by atoms with E-state index in [9.17, 15) is 0 Å². The number of nitrogens with zero attached hydrogens (tertiary/aromatic N) is 3. The Balaban J connectivity index is 2.38. The molecule has 1 N–H and O–H groups in total. The van der Waals surface area contributed by atoms with Gasteiger partial charge in [0.15, 0.2) is 0 Å². The number of hydrogen-bond acceptors (Lipinski definition) is 3. The minimum atomic E-state index is 0.102. The van der Waals surface area contributed by atoms with E-state index in [1.807, 2.05) is 24.4 Å². The third kappa shape index (κ3) is 2.53. The summed E-state index contributed by atoms with van der Waals surface area (Å²) >= 11 is 0. The number of rotatable bonds is 4. The first-order chi connectivity index (χ1) is 8.22.